The molecule has 0 unspecified atom stereocenters. The standard InChI is InChI=1S/C12H9F3N4/c1-19-3-2-16-11(19)8-4-7(12(13,14)15)5-10-9(8)6-17-18-10/h2-6H,1H3,(H,17,18). The third-order valence-electron chi connectivity index (χ3n) is 2.95. The molecule has 0 fully saturated rings. The van der Waals surface area contributed by atoms with Crippen molar-refractivity contribution in [3.63, 3.8) is 0 Å². The number of aromatic amines is 1. The fourth-order valence-electron chi connectivity index (χ4n) is 2.03. The second-order valence-corrected chi connectivity index (χ2v) is 4.21. The highest BCUT2D eigenvalue weighted by atomic mass is 19.4. The largest absolute Gasteiger partial charge is 0.416 e. The van der Waals surface area contributed by atoms with Crippen LogP contribution < -0.4 is 0 Å². The van der Waals surface area contributed by atoms with E-state index in [2.05, 4.69) is 15.2 Å². The predicted molar refractivity (Wildman–Crippen MR) is 63.3 cm³/mol. The van der Waals surface area contributed by atoms with Crippen LogP contribution in [0.15, 0.2) is 30.7 Å². The van der Waals surface area contributed by atoms with Crippen LogP contribution in [-0.2, 0) is 13.2 Å². The quantitative estimate of drug-likeness (QED) is 0.736. The van der Waals surface area contributed by atoms with Crippen molar-refractivity contribution < 1.29 is 13.2 Å². The van der Waals surface area contributed by atoms with Crippen molar-refractivity contribution in [2.45, 2.75) is 6.18 Å². The molecule has 98 valence electrons. The van der Waals surface area contributed by atoms with Crippen molar-refractivity contribution >= 4 is 10.9 Å². The van der Waals surface area contributed by atoms with Crippen LogP contribution in [0.25, 0.3) is 22.3 Å². The maximum absolute atomic E-state index is 12.9. The van der Waals surface area contributed by atoms with Crippen LogP contribution in [0.3, 0.4) is 0 Å². The molecule has 3 aromatic rings. The summed E-state index contributed by atoms with van der Waals surface area (Å²) < 4.78 is 40.3. The third-order valence-corrected chi connectivity index (χ3v) is 2.95. The third kappa shape index (κ3) is 1.87. The van der Waals surface area contributed by atoms with Crippen molar-refractivity contribution in [2.75, 3.05) is 0 Å². The van der Waals surface area contributed by atoms with E-state index in [1.807, 2.05) is 0 Å². The number of alkyl halides is 3. The van der Waals surface area contributed by atoms with Gasteiger partial charge in [0.1, 0.15) is 5.82 Å². The molecule has 2 aromatic heterocycles. The molecule has 0 radical (unpaired) electrons. The van der Waals surface area contributed by atoms with Gasteiger partial charge in [-0.15, -0.1) is 0 Å². The van der Waals surface area contributed by atoms with Crippen molar-refractivity contribution in [2.24, 2.45) is 7.05 Å². The second-order valence-electron chi connectivity index (χ2n) is 4.21. The number of nitrogens with one attached hydrogen (secondary N) is 1. The Morgan fingerprint density at radius 3 is 2.68 bits per heavy atom. The van der Waals surface area contributed by atoms with Crippen LogP contribution in [0.1, 0.15) is 5.56 Å². The first-order chi connectivity index (χ1) is 8.97. The van der Waals surface area contributed by atoms with Crippen molar-refractivity contribution in [1.29, 1.82) is 0 Å². The second kappa shape index (κ2) is 3.84. The Labute approximate surface area is 105 Å². The fraction of sp³-hybridized carbons (Fsp3) is 0.167. The molecule has 1 N–H and O–H groups in total. The zero-order valence-corrected chi connectivity index (χ0v) is 9.86. The van der Waals surface area contributed by atoms with Gasteiger partial charge in [-0.1, -0.05) is 0 Å². The molecule has 0 atom stereocenters. The van der Waals surface area contributed by atoms with Crippen LogP contribution in [0.4, 0.5) is 13.2 Å². The SMILES string of the molecule is Cn1ccnc1-c1cc(C(F)(F)F)cc2[nH]ncc12. The number of aryl methyl sites for hydroxylation is 1. The Kier molecular flexibility index (Phi) is 2.38. The van der Waals surface area contributed by atoms with Gasteiger partial charge >= 0.3 is 6.18 Å². The Bertz CT molecular complexity index is 739. The lowest BCUT2D eigenvalue weighted by Gasteiger charge is -2.10. The smallest absolute Gasteiger partial charge is 0.334 e. The van der Waals surface area contributed by atoms with Crippen molar-refractivity contribution in [3.8, 4) is 11.4 Å². The summed E-state index contributed by atoms with van der Waals surface area (Å²) in [5.74, 6) is 0.470. The summed E-state index contributed by atoms with van der Waals surface area (Å²) in [6.45, 7) is 0. The molecule has 19 heavy (non-hydrogen) atoms. The molecule has 0 aliphatic carbocycles. The number of rotatable bonds is 1. The molecule has 7 heteroatoms. The normalized spacial score (nSPS) is 12.2. The van der Waals surface area contributed by atoms with E-state index < -0.39 is 11.7 Å². The van der Waals surface area contributed by atoms with E-state index in [1.54, 1.807) is 24.0 Å². The summed E-state index contributed by atoms with van der Waals surface area (Å²) in [6, 6.07) is 2.15. The van der Waals surface area contributed by atoms with E-state index in [0.717, 1.165) is 12.1 Å². The Morgan fingerprint density at radius 2 is 2.05 bits per heavy atom. The van der Waals surface area contributed by atoms with E-state index in [0.29, 0.717) is 22.3 Å². The summed E-state index contributed by atoms with van der Waals surface area (Å²) in [5, 5.41) is 6.98. The minimum absolute atomic E-state index is 0.341. The van der Waals surface area contributed by atoms with Crippen LogP contribution in [0, 0.1) is 0 Å². The van der Waals surface area contributed by atoms with Gasteiger partial charge in [-0.2, -0.15) is 18.3 Å². The van der Waals surface area contributed by atoms with Crippen LogP contribution in [0.5, 0.6) is 0 Å². The molecule has 4 nitrogen and oxygen atoms in total. The lowest BCUT2D eigenvalue weighted by Crippen LogP contribution is -2.05. The molecule has 3 rings (SSSR count). The van der Waals surface area contributed by atoms with Gasteiger partial charge in [0.05, 0.1) is 17.3 Å². The highest BCUT2D eigenvalue weighted by Gasteiger charge is 2.32. The monoisotopic (exact) mass is 266 g/mol. The van der Waals surface area contributed by atoms with E-state index in [4.69, 9.17) is 0 Å². The molecule has 0 saturated carbocycles. The molecule has 0 aliphatic rings. The molecule has 2 heterocycles. The molecule has 1 aromatic carbocycles. The summed E-state index contributed by atoms with van der Waals surface area (Å²) in [7, 11) is 1.73. The molecule has 0 aliphatic heterocycles. The molecule has 0 amide bonds. The van der Waals surface area contributed by atoms with Gasteiger partial charge in [0.2, 0.25) is 0 Å². The number of imidazole rings is 1. The molecule has 0 spiro atoms. The van der Waals surface area contributed by atoms with Gasteiger partial charge in [0.15, 0.2) is 0 Å². The zero-order chi connectivity index (χ0) is 13.6. The number of hydrogen-bond acceptors (Lipinski definition) is 2. The van der Waals surface area contributed by atoms with E-state index in [9.17, 15) is 13.2 Å². The topological polar surface area (TPSA) is 46.5 Å². The predicted octanol–water partition coefficient (Wildman–Crippen LogP) is 2.98. The number of H-pyrrole nitrogens is 1. The molecular formula is C12H9F3N4. The average molecular weight is 266 g/mol. The van der Waals surface area contributed by atoms with Gasteiger partial charge < -0.3 is 4.57 Å². The summed E-state index contributed by atoms with van der Waals surface area (Å²) in [6.07, 6.45) is 0.321. The number of halogens is 3. The van der Waals surface area contributed by atoms with Gasteiger partial charge in [0, 0.05) is 30.4 Å². The van der Waals surface area contributed by atoms with E-state index >= 15 is 0 Å². The summed E-state index contributed by atoms with van der Waals surface area (Å²) >= 11 is 0. The zero-order valence-electron chi connectivity index (χ0n) is 9.86. The molecule has 0 bridgehead atoms. The maximum Gasteiger partial charge on any atom is 0.416 e. The van der Waals surface area contributed by atoms with Gasteiger partial charge in [-0.3, -0.25) is 5.10 Å². The first-order valence-corrected chi connectivity index (χ1v) is 5.49. The lowest BCUT2D eigenvalue weighted by molar-refractivity contribution is -0.137. The number of benzene rings is 1. The Balaban J connectivity index is 2.34. The number of hydrogen-bond donors (Lipinski definition) is 1. The molecular weight excluding hydrogens is 257 g/mol. The summed E-state index contributed by atoms with van der Waals surface area (Å²) in [5.41, 5.74) is 0.0288. The minimum atomic E-state index is -4.40. The summed E-state index contributed by atoms with van der Waals surface area (Å²) in [4.78, 5) is 4.09. The molecule has 0 saturated heterocycles. The van der Waals surface area contributed by atoms with Gasteiger partial charge in [0.25, 0.3) is 0 Å². The highest BCUT2D eigenvalue weighted by molar-refractivity contribution is 5.93. The van der Waals surface area contributed by atoms with Gasteiger partial charge in [-0.05, 0) is 12.1 Å². The number of nitrogens with zero attached hydrogens (tertiary/aromatic N) is 3. The van der Waals surface area contributed by atoms with E-state index in [1.165, 1.54) is 6.20 Å². The Morgan fingerprint density at radius 1 is 1.26 bits per heavy atom. The fourth-order valence-corrected chi connectivity index (χ4v) is 2.03. The van der Waals surface area contributed by atoms with Crippen LogP contribution >= 0.6 is 0 Å². The maximum atomic E-state index is 12.9. The Hall–Kier alpha value is -2.31. The first-order valence-electron chi connectivity index (χ1n) is 5.49. The van der Waals surface area contributed by atoms with Crippen LogP contribution in [0.2, 0.25) is 0 Å². The lowest BCUT2D eigenvalue weighted by atomic mass is 10.1. The highest BCUT2D eigenvalue weighted by Crippen LogP contribution is 2.35. The first kappa shape index (κ1) is 11.8. The van der Waals surface area contributed by atoms with Crippen LogP contribution in [-0.4, -0.2) is 19.7 Å². The van der Waals surface area contributed by atoms with Gasteiger partial charge in [-0.25, -0.2) is 4.98 Å². The van der Waals surface area contributed by atoms with Crippen molar-refractivity contribution in [1.82, 2.24) is 19.7 Å². The minimum Gasteiger partial charge on any atom is -0.334 e. The number of fused-ring (bicyclic) bond motifs is 1. The number of aromatic nitrogens is 4. The van der Waals surface area contributed by atoms with Crippen molar-refractivity contribution in [3.05, 3.63) is 36.3 Å². The van der Waals surface area contributed by atoms with E-state index in [-0.39, 0.29) is 0 Å². The average Bonchev–Trinajstić information content (AvgIpc) is 2.94.